The maximum Gasteiger partial charge on any atom is 0.351 e. The van der Waals surface area contributed by atoms with Crippen molar-refractivity contribution in [3.63, 3.8) is 0 Å². The van der Waals surface area contributed by atoms with Gasteiger partial charge in [-0.05, 0) is 37.1 Å². The molecule has 0 saturated heterocycles. The molecule has 1 amide bonds. The molecule has 146 valence electrons. The summed E-state index contributed by atoms with van der Waals surface area (Å²) < 4.78 is 8.14. The Hall–Kier alpha value is -3.94. The second-order valence-corrected chi connectivity index (χ2v) is 6.60. The van der Waals surface area contributed by atoms with Gasteiger partial charge in [-0.3, -0.25) is 4.79 Å². The summed E-state index contributed by atoms with van der Waals surface area (Å²) in [6, 6.07) is 14.8. The summed E-state index contributed by atoms with van der Waals surface area (Å²) >= 11 is 0. The van der Waals surface area contributed by atoms with E-state index in [4.69, 9.17) is 4.74 Å². The number of para-hydroxylation sites is 2. The number of ether oxygens (including phenoxy) is 1. The first kappa shape index (κ1) is 18.4. The van der Waals surface area contributed by atoms with E-state index in [2.05, 4.69) is 15.4 Å². The second kappa shape index (κ2) is 7.59. The number of nitrogens with one attached hydrogen (secondary N) is 1. The molecule has 0 unspecified atom stereocenters. The highest BCUT2D eigenvalue weighted by atomic mass is 16.5. The number of hydrogen-bond donors (Lipinski definition) is 1. The van der Waals surface area contributed by atoms with Crippen LogP contribution in [0.1, 0.15) is 11.1 Å². The van der Waals surface area contributed by atoms with Crippen LogP contribution in [0.3, 0.4) is 0 Å². The number of carbonyl (C=O) groups is 1. The Kier molecular flexibility index (Phi) is 4.82. The summed E-state index contributed by atoms with van der Waals surface area (Å²) in [5.74, 6) is 0.416. The van der Waals surface area contributed by atoms with Crippen molar-refractivity contribution >= 4 is 17.2 Å². The topological polar surface area (TPSA) is 90.5 Å². The molecule has 1 N–H and O–H groups in total. The minimum absolute atomic E-state index is 0.185. The fourth-order valence-corrected chi connectivity index (χ4v) is 3.03. The van der Waals surface area contributed by atoms with Crippen molar-refractivity contribution in [3.05, 3.63) is 82.5 Å². The highest BCUT2D eigenvalue weighted by molar-refractivity contribution is 5.92. The third-order valence-electron chi connectivity index (χ3n) is 4.47. The number of rotatable bonds is 5. The van der Waals surface area contributed by atoms with Crippen LogP contribution in [0, 0.1) is 13.8 Å². The number of hydrogen-bond acceptors (Lipinski definition) is 5. The van der Waals surface area contributed by atoms with Gasteiger partial charge in [-0.1, -0.05) is 36.4 Å². The lowest BCUT2D eigenvalue weighted by Crippen LogP contribution is -2.28. The van der Waals surface area contributed by atoms with Crippen LogP contribution in [-0.4, -0.2) is 25.1 Å². The molecule has 0 bridgehead atoms. The molecule has 2 aromatic carbocycles. The van der Waals surface area contributed by atoms with Crippen LogP contribution in [0.4, 0.5) is 5.69 Å². The predicted octanol–water partition coefficient (Wildman–Crippen LogP) is 2.94. The molecule has 4 aromatic rings. The largest absolute Gasteiger partial charge is 0.436 e. The van der Waals surface area contributed by atoms with Crippen molar-refractivity contribution in [3.8, 4) is 11.6 Å². The molecule has 0 saturated carbocycles. The van der Waals surface area contributed by atoms with E-state index < -0.39 is 5.69 Å². The first-order valence-corrected chi connectivity index (χ1v) is 9.06. The van der Waals surface area contributed by atoms with Gasteiger partial charge >= 0.3 is 5.69 Å². The van der Waals surface area contributed by atoms with Crippen molar-refractivity contribution in [2.24, 2.45) is 0 Å². The van der Waals surface area contributed by atoms with E-state index in [0.29, 0.717) is 5.75 Å². The highest BCUT2D eigenvalue weighted by Crippen LogP contribution is 2.22. The molecule has 2 aromatic heterocycles. The molecule has 0 aliphatic carbocycles. The second-order valence-electron chi connectivity index (χ2n) is 6.60. The molecule has 0 fully saturated rings. The summed E-state index contributed by atoms with van der Waals surface area (Å²) in [4.78, 5) is 29.3. The van der Waals surface area contributed by atoms with Crippen LogP contribution in [0.5, 0.6) is 11.6 Å². The van der Waals surface area contributed by atoms with Gasteiger partial charge in [0, 0.05) is 18.1 Å². The monoisotopic (exact) mass is 389 g/mol. The Morgan fingerprint density at radius 2 is 1.79 bits per heavy atom. The zero-order valence-electron chi connectivity index (χ0n) is 16.0. The number of fused-ring (bicyclic) bond motifs is 1. The smallest absolute Gasteiger partial charge is 0.351 e. The van der Waals surface area contributed by atoms with Gasteiger partial charge in [-0.15, -0.1) is 5.10 Å². The molecule has 0 aliphatic rings. The first-order chi connectivity index (χ1) is 14.0. The fourth-order valence-electron chi connectivity index (χ4n) is 3.03. The van der Waals surface area contributed by atoms with Gasteiger partial charge in [0.2, 0.25) is 11.6 Å². The van der Waals surface area contributed by atoms with Crippen LogP contribution in [-0.2, 0) is 11.3 Å². The number of benzene rings is 2. The molecule has 8 nitrogen and oxygen atoms in total. The normalized spacial score (nSPS) is 10.8. The molecule has 0 radical (unpaired) electrons. The van der Waals surface area contributed by atoms with Crippen LogP contribution >= 0.6 is 0 Å². The minimum atomic E-state index is -0.447. The van der Waals surface area contributed by atoms with Crippen molar-refractivity contribution in [1.29, 1.82) is 0 Å². The Bertz CT molecular complexity index is 1220. The molecule has 0 spiro atoms. The van der Waals surface area contributed by atoms with Gasteiger partial charge in [-0.2, -0.15) is 0 Å². The molecule has 0 aliphatic heterocycles. The van der Waals surface area contributed by atoms with E-state index in [0.717, 1.165) is 21.5 Å². The first-order valence-electron chi connectivity index (χ1n) is 9.06. The maximum absolute atomic E-state index is 12.7. The quantitative estimate of drug-likeness (QED) is 0.567. The van der Waals surface area contributed by atoms with Gasteiger partial charge in [0.15, 0.2) is 0 Å². The summed E-state index contributed by atoms with van der Waals surface area (Å²) in [6.07, 6.45) is 2.94. The zero-order chi connectivity index (χ0) is 20.4. The number of nitrogens with zero attached hydrogens (tertiary/aromatic N) is 4. The van der Waals surface area contributed by atoms with Gasteiger partial charge in [0.25, 0.3) is 5.88 Å². The molecular formula is C21H19N5O3. The average molecular weight is 389 g/mol. The predicted molar refractivity (Wildman–Crippen MR) is 108 cm³/mol. The Morgan fingerprint density at radius 3 is 2.52 bits per heavy atom. The van der Waals surface area contributed by atoms with Gasteiger partial charge in [0.1, 0.15) is 12.3 Å². The Balaban J connectivity index is 1.61. The SMILES string of the molecule is Cc1cccc(C)c1NC(=O)Cn1nc2c(Oc3ccccc3)nccn2c1=O. The maximum atomic E-state index is 12.7. The van der Waals surface area contributed by atoms with Gasteiger partial charge < -0.3 is 10.1 Å². The van der Waals surface area contributed by atoms with E-state index in [-0.39, 0.29) is 24.0 Å². The van der Waals surface area contributed by atoms with E-state index in [1.165, 1.54) is 16.8 Å². The number of amides is 1. The van der Waals surface area contributed by atoms with E-state index >= 15 is 0 Å². The van der Waals surface area contributed by atoms with Crippen molar-refractivity contribution in [2.75, 3.05) is 5.32 Å². The fraction of sp³-hybridized carbons (Fsp3) is 0.143. The van der Waals surface area contributed by atoms with Gasteiger partial charge in [0.05, 0.1) is 0 Å². The molecule has 2 heterocycles. The Labute approximate surface area is 166 Å². The number of aromatic nitrogens is 4. The van der Waals surface area contributed by atoms with E-state index in [9.17, 15) is 9.59 Å². The molecular weight excluding hydrogens is 370 g/mol. The van der Waals surface area contributed by atoms with Crippen LogP contribution in [0.2, 0.25) is 0 Å². The minimum Gasteiger partial charge on any atom is -0.436 e. The highest BCUT2D eigenvalue weighted by Gasteiger charge is 2.16. The van der Waals surface area contributed by atoms with Crippen molar-refractivity contribution in [1.82, 2.24) is 19.2 Å². The number of carbonyl (C=O) groups excluding carboxylic acids is 1. The van der Waals surface area contributed by atoms with Crippen molar-refractivity contribution < 1.29 is 9.53 Å². The molecule has 8 heteroatoms. The third kappa shape index (κ3) is 3.73. The lowest BCUT2D eigenvalue weighted by atomic mass is 10.1. The molecule has 0 atom stereocenters. The summed E-state index contributed by atoms with van der Waals surface area (Å²) in [6.45, 7) is 3.61. The van der Waals surface area contributed by atoms with E-state index in [1.807, 2.05) is 50.2 Å². The molecule has 4 rings (SSSR count). The summed E-state index contributed by atoms with van der Waals surface area (Å²) in [7, 11) is 0. The number of aryl methyl sites for hydroxylation is 2. The van der Waals surface area contributed by atoms with Crippen LogP contribution in [0.15, 0.2) is 65.7 Å². The summed E-state index contributed by atoms with van der Waals surface area (Å²) in [5.41, 5.74) is 2.43. The van der Waals surface area contributed by atoms with Crippen LogP contribution in [0.25, 0.3) is 5.65 Å². The van der Waals surface area contributed by atoms with Crippen LogP contribution < -0.4 is 15.7 Å². The van der Waals surface area contributed by atoms with E-state index in [1.54, 1.807) is 12.1 Å². The zero-order valence-corrected chi connectivity index (χ0v) is 16.0. The Morgan fingerprint density at radius 1 is 1.07 bits per heavy atom. The molecule has 29 heavy (non-hydrogen) atoms. The lowest BCUT2D eigenvalue weighted by Gasteiger charge is -2.10. The lowest BCUT2D eigenvalue weighted by molar-refractivity contribution is -0.117. The van der Waals surface area contributed by atoms with Crippen molar-refractivity contribution in [2.45, 2.75) is 20.4 Å². The number of anilines is 1. The summed E-state index contributed by atoms with van der Waals surface area (Å²) in [5, 5.41) is 7.11. The van der Waals surface area contributed by atoms with Gasteiger partial charge in [-0.25, -0.2) is 18.9 Å². The average Bonchev–Trinajstić information content (AvgIpc) is 3.02. The third-order valence-corrected chi connectivity index (χ3v) is 4.47. The standard InChI is InChI=1S/C21H19N5O3/c1-14-7-6-8-15(2)18(14)23-17(27)13-26-21(28)25-12-11-22-20(19(25)24-26)29-16-9-4-3-5-10-16/h3-12H,13H2,1-2H3,(H,23,27).